The van der Waals surface area contributed by atoms with E-state index in [4.69, 9.17) is 0 Å². The van der Waals surface area contributed by atoms with E-state index < -0.39 is 0 Å². The summed E-state index contributed by atoms with van der Waals surface area (Å²) in [5.74, 6) is -0.0917. The zero-order chi connectivity index (χ0) is 16.1. The third-order valence-corrected chi connectivity index (χ3v) is 3.97. The van der Waals surface area contributed by atoms with Crippen molar-refractivity contribution in [1.82, 2.24) is 14.9 Å². The molecule has 1 aromatic carbocycles. The molecule has 2 heterocycles. The van der Waals surface area contributed by atoms with Crippen molar-refractivity contribution in [2.45, 2.75) is 6.42 Å². The number of carbonyl (C=O) groups is 1. The topological polar surface area (TPSA) is 46.9 Å². The smallest absolute Gasteiger partial charge is 0.253 e. The van der Waals surface area contributed by atoms with Gasteiger partial charge in [0.15, 0.2) is 0 Å². The van der Waals surface area contributed by atoms with Gasteiger partial charge in [-0.15, -0.1) is 0 Å². The van der Waals surface area contributed by atoms with Gasteiger partial charge in [0.2, 0.25) is 0 Å². The van der Waals surface area contributed by atoms with E-state index in [0.717, 1.165) is 15.9 Å². The number of rotatable bonds is 5. The molecule has 0 unspecified atom stereocenters. The summed E-state index contributed by atoms with van der Waals surface area (Å²) in [4.78, 5) is 16.8. The maximum absolute atomic E-state index is 12.5. The molecule has 116 valence electrons. The molecule has 23 heavy (non-hydrogen) atoms. The van der Waals surface area contributed by atoms with Crippen LogP contribution in [0.1, 0.15) is 16.1 Å². The molecule has 0 radical (unpaired) electrons. The SMILES string of the molecule is O=C(NCCc1ccccn1)c1cc(Br)ccc1-n1cccc1. The first kappa shape index (κ1) is 15.5. The summed E-state index contributed by atoms with van der Waals surface area (Å²) in [7, 11) is 0. The van der Waals surface area contributed by atoms with Crippen molar-refractivity contribution >= 4 is 21.8 Å². The Hall–Kier alpha value is -2.40. The van der Waals surface area contributed by atoms with Crippen molar-refractivity contribution in [3.8, 4) is 5.69 Å². The molecule has 0 bridgehead atoms. The third-order valence-electron chi connectivity index (χ3n) is 3.48. The van der Waals surface area contributed by atoms with Gasteiger partial charge >= 0.3 is 0 Å². The van der Waals surface area contributed by atoms with Crippen molar-refractivity contribution in [3.63, 3.8) is 0 Å². The molecule has 3 rings (SSSR count). The highest BCUT2D eigenvalue weighted by atomic mass is 79.9. The number of nitrogens with zero attached hydrogens (tertiary/aromatic N) is 2. The molecule has 0 fully saturated rings. The summed E-state index contributed by atoms with van der Waals surface area (Å²) in [6.45, 7) is 0.549. The van der Waals surface area contributed by atoms with Gasteiger partial charge in [0.25, 0.3) is 5.91 Å². The van der Waals surface area contributed by atoms with Crippen LogP contribution < -0.4 is 5.32 Å². The zero-order valence-corrected chi connectivity index (χ0v) is 14.0. The average molecular weight is 370 g/mol. The van der Waals surface area contributed by atoms with Gasteiger partial charge in [0, 0.05) is 41.7 Å². The number of halogens is 1. The van der Waals surface area contributed by atoms with Crippen LogP contribution in [-0.4, -0.2) is 22.0 Å². The summed E-state index contributed by atoms with van der Waals surface area (Å²) in [6.07, 6.45) is 6.32. The van der Waals surface area contributed by atoms with Gasteiger partial charge in [-0.25, -0.2) is 0 Å². The fourth-order valence-corrected chi connectivity index (χ4v) is 2.72. The number of hydrogen-bond acceptors (Lipinski definition) is 2. The van der Waals surface area contributed by atoms with Gasteiger partial charge in [-0.2, -0.15) is 0 Å². The van der Waals surface area contributed by atoms with E-state index in [-0.39, 0.29) is 5.91 Å². The number of aromatic nitrogens is 2. The van der Waals surface area contributed by atoms with Crippen molar-refractivity contribution in [2.24, 2.45) is 0 Å². The van der Waals surface area contributed by atoms with E-state index in [1.54, 1.807) is 6.20 Å². The first-order valence-electron chi connectivity index (χ1n) is 7.35. The van der Waals surface area contributed by atoms with Crippen LogP contribution in [0.15, 0.2) is 71.6 Å². The largest absolute Gasteiger partial charge is 0.352 e. The normalized spacial score (nSPS) is 10.5. The lowest BCUT2D eigenvalue weighted by Gasteiger charge is -2.12. The summed E-state index contributed by atoms with van der Waals surface area (Å²) in [5, 5.41) is 2.96. The molecule has 0 aliphatic heterocycles. The average Bonchev–Trinajstić information content (AvgIpc) is 3.10. The van der Waals surface area contributed by atoms with Gasteiger partial charge in [0.05, 0.1) is 11.3 Å². The number of hydrogen-bond donors (Lipinski definition) is 1. The van der Waals surface area contributed by atoms with Crippen LogP contribution in [0, 0.1) is 0 Å². The highest BCUT2D eigenvalue weighted by Gasteiger charge is 2.12. The minimum Gasteiger partial charge on any atom is -0.352 e. The summed E-state index contributed by atoms with van der Waals surface area (Å²) in [5.41, 5.74) is 2.46. The van der Waals surface area contributed by atoms with Gasteiger partial charge in [-0.3, -0.25) is 9.78 Å². The first-order chi connectivity index (χ1) is 11.2. The molecule has 0 aliphatic carbocycles. The predicted octanol–water partition coefficient (Wildman–Crippen LogP) is 3.61. The number of carbonyl (C=O) groups excluding carboxylic acids is 1. The lowest BCUT2D eigenvalue weighted by molar-refractivity contribution is 0.0954. The van der Waals surface area contributed by atoms with Crippen LogP contribution in [0.25, 0.3) is 5.69 Å². The summed E-state index contributed by atoms with van der Waals surface area (Å²) < 4.78 is 2.81. The second kappa shape index (κ2) is 7.24. The molecular formula is C18H16BrN3O. The van der Waals surface area contributed by atoms with Crippen molar-refractivity contribution < 1.29 is 4.79 Å². The molecule has 0 atom stereocenters. The Labute approximate surface area is 143 Å². The van der Waals surface area contributed by atoms with E-state index in [0.29, 0.717) is 18.5 Å². The van der Waals surface area contributed by atoms with Gasteiger partial charge in [0.1, 0.15) is 0 Å². The molecule has 4 nitrogen and oxygen atoms in total. The monoisotopic (exact) mass is 369 g/mol. The maximum atomic E-state index is 12.5. The van der Waals surface area contributed by atoms with Crippen LogP contribution in [0.4, 0.5) is 0 Å². The second-order valence-corrected chi connectivity index (χ2v) is 5.99. The van der Waals surface area contributed by atoms with Crippen molar-refractivity contribution in [3.05, 3.63) is 82.9 Å². The second-order valence-electron chi connectivity index (χ2n) is 5.08. The molecule has 0 saturated heterocycles. The summed E-state index contributed by atoms with van der Waals surface area (Å²) in [6, 6.07) is 15.4. The Morgan fingerprint density at radius 1 is 1.13 bits per heavy atom. The molecule has 2 aromatic heterocycles. The fraction of sp³-hybridized carbons (Fsp3) is 0.111. The maximum Gasteiger partial charge on any atom is 0.253 e. The number of amides is 1. The Bertz CT molecular complexity index is 785. The van der Waals surface area contributed by atoms with Crippen molar-refractivity contribution in [1.29, 1.82) is 0 Å². The number of pyridine rings is 1. The molecule has 1 amide bonds. The van der Waals surface area contributed by atoms with Crippen molar-refractivity contribution in [2.75, 3.05) is 6.54 Å². The molecule has 0 spiro atoms. The van der Waals surface area contributed by atoms with E-state index >= 15 is 0 Å². The molecular weight excluding hydrogens is 354 g/mol. The highest BCUT2D eigenvalue weighted by molar-refractivity contribution is 9.10. The quantitative estimate of drug-likeness (QED) is 0.746. The predicted molar refractivity (Wildman–Crippen MR) is 93.7 cm³/mol. The Morgan fingerprint density at radius 3 is 2.70 bits per heavy atom. The molecule has 0 aliphatic rings. The molecule has 5 heteroatoms. The Morgan fingerprint density at radius 2 is 1.96 bits per heavy atom. The number of benzene rings is 1. The Kier molecular flexibility index (Phi) is 4.88. The van der Waals surface area contributed by atoms with Crippen LogP contribution >= 0.6 is 15.9 Å². The lowest BCUT2D eigenvalue weighted by atomic mass is 10.1. The molecule has 0 saturated carbocycles. The van der Waals surface area contributed by atoms with Crippen LogP contribution in [0.5, 0.6) is 0 Å². The van der Waals surface area contributed by atoms with Gasteiger partial charge < -0.3 is 9.88 Å². The lowest BCUT2D eigenvalue weighted by Crippen LogP contribution is -2.27. The fourth-order valence-electron chi connectivity index (χ4n) is 2.36. The van der Waals surface area contributed by atoms with Crippen LogP contribution in [0.2, 0.25) is 0 Å². The first-order valence-corrected chi connectivity index (χ1v) is 8.14. The zero-order valence-electron chi connectivity index (χ0n) is 12.4. The van der Waals surface area contributed by atoms with Crippen LogP contribution in [-0.2, 0) is 6.42 Å². The third kappa shape index (κ3) is 3.87. The standard InChI is InChI=1S/C18H16BrN3O/c19-14-6-7-17(22-11-3-4-12-22)16(13-14)18(23)21-10-8-15-5-1-2-9-20-15/h1-7,9,11-13H,8,10H2,(H,21,23). The minimum atomic E-state index is -0.0917. The minimum absolute atomic E-state index is 0.0917. The van der Waals surface area contributed by atoms with E-state index in [1.165, 1.54) is 0 Å². The molecule has 1 N–H and O–H groups in total. The van der Waals surface area contributed by atoms with E-state index in [9.17, 15) is 4.79 Å². The highest BCUT2D eigenvalue weighted by Crippen LogP contribution is 2.20. The van der Waals surface area contributed by atoms with Gasteiger partial charge in [-0.1, -0.05) is 22.0 Å². The van der Waals surface area contributed by atoms with E-state index in [1.807, 2.05) is 65.5 Å². The van der Waals surface area contributed by atoms with E-state index in [2.05, 4.69) is 26.2 Å². The number of nitrogens with one attached hydrogen (secondary N) is 1. The summed E-state index contributed by atoms with van der Waals surface area (Å²) >= 11 is 3.43. The molecule has 3 aromatic rings. The van der Waals surface area contributed by atoms with Crippen LogP contribution in [0.3, 0.4) is 0 Å². The van der Waals surface area contributed by atoms with Gasteiger partial charge in [-0.05, 0) is 42.5 Å². The Balaban J connectivity index is 1.73.